The minimum atomic E-state index is -4.05. The second kappa shape index (κ2) is 7.89. The maximum absolute atomic E-state index is 11.9. The molecule has 0 saturated heterocycles. The van der Waals surface area contributed by atoms with Gasteiger partial charge in [-0.1, -0.05) is 11.6 Å². The number of rotatable bonds is 8. The molecule has 0 fully saturated rings. The Morgan fingerprint density at radius 3 is 2.79 bits per heavy atom. The maximum atomic E-state index is 11.9. The highest BCUT2D eigenvalue weighted by atomic mass is 35.5. The molecule has 0 saturated carbocycles. The number of anilines is 1. The van der Waals surface area contributed by atoms with Crippen molar-refractivity contribution < 1.29 is 13.2 Å². The molecule has 0 unspecified atom stereocenters. The van der Waals surface area contributed by atoms with Crippen molar-refractivity contribution in [2.75, 3.05) is 23.4 Å². The first-order valence-electron chi connectivity index (χ1n) is 6.03. The van der Waals surface area contributed by atoms with Crippen LogP contribution in [-0.2, 0) is 6.54 Å². The number of nitrogens with one attached hydrogen (secondary N) is 1. The number of aryl methyl sites for hydroxylation is 1. The molecular weight excluding hydrogens is 299 g/mol. The van der Waals surface area contributed by atoms with E-state index in [2.05, 4.69) is 10.4 Å². The van der Waals surface area contributed by atoms with Gasteiger partial charge in [0, 0.05) is 25.0 Å². The van der Waals surface area contributed by atoms with Gasteiger partial charge in [0.2, 0.25) is 0 Å². The molecule has 8 heteroatoms. The fourth-order valence-corrected chi connectivity index (χ4v) is 2.57. The lowest BCUT2D eigenvalue weighted by Gasteiger charge is -2.05. The average molecular weight is 316 g/mol. The van der Waals surface area contributed by atoms with Crippen molar-refractivity contribution in [1.82, 2.24) is 9.78 Å². The van der Waals surface area contributed by atoms with E-state index in [-0.39, 0.29) is 5.75 Å². The Morgan fingerprint density at radius 2 is 2.16 bits per heavy atom. The zero-order chi connectivity index (χ0) is 14.3. The van der Waals surface area contributed by atoms with Gasteiger partial charge in [-0.05, 0) is 19.1 Å². The Morgan fingerprint density at radius 1 is 1.42 bits per heavy atom. The van der Waals surface area contributed by atoms with Gasteiger partial charge in [0.05, 0.1) is 12.1 Å². The van der Waals surface area contributed by atoms with E-state index in [1.807, 2.05) is 13.1 Å². The molecule has 1 heterocycles. The van der Waals surface area contributed by atoms with Gasteiger partial charge in [-0.2, -0.15) is 30.0 Å². The first kappa shape index (κ1) is 16.5. The molecule has 0 atom stereocenters. The predicted octanol–water partition coefficient (Wildman–Crippen LogP) is 4.04. The highest BCUT2D eigenvalue weighted by Gasteiger charge is 2.25. The normalized spacial score (nSPS) is 11.8. The van der Waals surface area contributed by atoms with Gasteiger partial charge in [0.25, 0.3) is 0 Å². The lowest BCUT2D eigenvalue weighted by Crippen LogP contribution is -2.08. The van der Waals surface area contributed by atoms with Crippen molar-refractivity contribution in [2.45, 2.75) is 32.5 Å². The fraction of sp³-hybridized carbons (Fsp3) is 0.727. The minimum Gasteiger partial charge on any atom is -0.382 e. The van der Waals surface area contributed by atoms with Crippen LogP contribution in [0, 0.1) is 0 Å². The van der Waals surface area contributed by atoms with Crippen molar-refractivity contribution in [3.63, 3.8) is 0 Å². The molecule has 0 radical (unpaired) electrons. The van der Waals surface area contributed by atoms with Gasteiger partial charge in [-0.15, -0.1) is 0 Å². The molecule has 1 aromatic rings. The zero-order valence-corrected chi connectivity index (χ0v) is 12.2. The molecule has 1 N–H and O–H groups in total. The molecule has 0 aliphatic rings. The Hall–Kier alpha value is -0.560. The number of aromatic nitrogens is 2. The molecule has 1 rings (SSSR count). The van der Waals surface area contributed by atoms with Crippen LogP contribution in [0.3, 0.4) is 0 Å². The number of thioether (sulfide) groups is 1. The van der Waals surface area contributed by atoms with Crippen LogP contribution in [0.5, 0.6) is 0 Å². The minimum absolute atomic E-state index is 0.117. The summed E-state index contributed by atoms with van der Waals surface area (Å²) in [4.78, 5) is 0. The maximum Gasteiger partial charge on any atom is 0.389 e. The van der Waals surface area contributed by atoms with E-state index in [1.54, 1.807) is 4.68 Å². The average Bonchev–Trinajstić information content (AvgIpc) is 2.64. The van der Waals surface area contributed by atoms with Crippen molar-refractivity contribution >= 4 is 29.1 Å². The van der Waals surface area contributed by atoms with Crippen molar-refractivity contribution in [3.8, 4) is 0 Å². The van der Waals surface area contributed by atoms with Crippen molar-refractivity contribution in [3.05, 3.63) is 11.3 Å². The predicted molar refractivity (Wildman–Crippen MR) is 74.0 cm³/mol. The van der Waals surface area contributed by atoms with Gasteiger partial charge >= 0.3 is 6.18 Å². The highest BCUT2D eigenvalue weighted by molar-refractivity contribution is 7.99. The fourth-order valence-electron chi connectivity index (χ4n) is 1.44. The Kier molecular flexibility index (Phi) is 6.85. The molecule has 1 aromatic heterocycles. The summed E-state index contributed by atoms with van der Waals surface area (Å²) < 4.78 is 37.4. The summed E-state index contributed by atoms with van der Waals surface area (Å²) in [5.74, 6) is 0.802. The third-order valence-electron chi connectivity index (χ3n) is 2.29. The quantitative estimate of drug-likeness (QED) is 0.734. The smallest absolute Gasteiger partial charge is 0.382 e. The first-order chi connectivity index (χ1) is 8.92. The van der Waals surface area contributed by atoms with E-state index >= 15 is 0 Å². The summed E-state index contributed by atoms with van der Waals surface area (Å²) in [6.45, 7) is 3.38. The monoisotopic (exact) mass is 315 g/mol. The van der Waals surface area contributed by atoms with E-state index in [9.17, 15) is 13.2 Å². The SMILES string of the molecule is CCNc1cn(CCCSCCC(F)(F)F)nc1Cl. The molecular formula is C11H17ClF3N3S. The van der Waals surface area contributed by atoms with Crippen LogP contribution in [0.1, 0.15) is 19.8 Å². The number of nitrogens with zero attached hydrogens (tertiary/aromatic N) is 2. The molecule has 19 heavy (non-hydrogen) atoms. The summed E-state index contributed by atoms with van der Waals surface area (Å²) >= 11 is 7.22. The number of hydrogen-bond donors (Lipinski definition) is 1. The van der Waals surface area contributed by atoms with Crippen LogP contribution in [0.2, 0.25) is 5.15 Å². The third kappa shape index (κ3) is 6.96. The summed E-state index contributed by atoms with van der Waals surface area (Å²) in [5, 5.41) is 7.62. The second-order valence-corrected chi connectivity index (χ2v) is 5.54. The van der Waals surface area contributed by atoms with Gasteiger partial charge < -0.3 is 5.32 Å². The van der Waals surface area contributed by atoms with E-state index in [4.69, 9.17) is 11.6 Å². The summed E-state index contributed by atoms with van der Waals surface area (Å²) in [6.07, 6.45) is -2.20. The van der Waals surface area contributed by atoms with Crippen LogP contribution in [0.25, 0.3) is 0 Å². The molecule has 0 aromatic carbocycles. The van der Waals surface area contributed by atoms with Crippen LogP contribution in [0.15, 0.2) is 6.20 Å². The summed E-state index contributed by atoms with van der Waals surface area (Å²) in [5.41, 5.74) is 0.786. The molecule has 0 bridgehead atoms. The van der Waals surface area contributed by atoms with Crippen molar-refractivity contribution in [1.29, 1.82) is 0 Å². The van der Waals surface area contributed by atoms with Gasteiger partial charge in [0.15, 0.2) is 5.15 Å². The second-order valence-electron chi connectivity index (χ2n) is 3.96. The number of alkyl halides is 3. The van der Waals surface area contributed by atoms with Gasteiger partial charge in [-0.3, -0.25) is 4.68 Å². The van der Waals surface area contributed by atoms with Crippen LogP contribution in [-0.4, -0.2) is 34.0 Å². The van der Waals surface area contributed by atoms with Gasteiger partial charge in [-0.25, -0.2) is 0 Å². The highest BCUT2D eigenvalue weighted by Crippen LogP contribution is 2.22. The van der Waals surface area contributed by atoms with E-state index in [0.29, 0.717) is 17.5 Å². The molecule has 110 valence electrons. The van der Waals surface area contributed by atoms with E-state index in [1.165, 1.54) is 11.8 Å². The number of hydrogen-bond acceptors (Lipinski definition) is 3. The Bertz CT molecular complexity index is 382. The Balaban J connectivity index is 2.17. The lowest BCUT2D eigenvalue weighted by molar-refractivity contribution is -0.129. The topological polar surface area (TPSA) is 29.9 Å². The largest absolute Gasteiger partial charge is 0.389 e. The first-order valence-corrected chi connectivity index (χ1v) is 7.57. The lowest BCUT2D eigenvalue weighted by atomic mass is 10.5. The molecule has 0 spiro atoms. The van der Waals surface area contributed by atoms with E-state index < -0.39 is 12.6 Å². The Labute approximate surface area is 119 Å². The number of halogens is 4. The van der Waals surface area contributed by atoms with E-state index in [0.717, 1.165) is 18.7 Å². The standard InChI is InChI=1S/C11H17ClF3N3S/c1-2-16-9-8-18(17-10(9)12)5-3-6-19-7-4-11(13,14)15/h8,16H,2-7H2,1H3. The molecule has 0 amide bonds. The van der Waals surface area contributed by atoms with Crippen LogP contribution >= 0.6 is 23.4 Å². The summed E-state index contributed by atoms with van der Waals surface area (Å²) in [6, 6.07) is 0. The summed E-state index contributed by atoms with van der Waals surface area (Å²) in [7, 11) is 0. The molecule has 0 aliphatic carbocycles. The molecule has 0 aliphatic heterocycles. The van der Waals surface area contributed by atoms with Gasteiger partial charge in [0.1, 0.15) is 0 Å². The third-order valence-corrected chi connectivity index (χ3v) is 3.64. The van der Waals surface area contributed by atoms with Crippen molar-refractivity contribution in [2.24, 2.45) is 0 Å². The zero-order valence-electron chi connectivity index (χ0n) is 10.6. The van der Waals surface area contributed by atoms with Crippen LogP contribution < -0.4 is 5.32 Å². The molecule has 3 nitrogen and oxygen atoms in total. The van der Waals surface area contributed by atoms with Crippen LogP contribution in [0.4, 0.5) is 18.9 Å².